The molecule has 1 aromatic heterocycles. The second-order valence-electron chi connectivity index (χ2n) is 7.04. The summed E-state index contributed by atoms with van der Waals surface area (Å²) < 4.78 is 1.79. The lowest BCUT2D eigenvalue weighted by molar-refractivity contribution is -0.124. The fourth-order valence-electron chi connectivity index (χ4n) is 3.79. The molecule has 3 aromatic rings. The van der Waals surface area contributed by atoms with E-state index in [4.69, 9.17) is 0 Å². The Morgan fingerprint density at radius 2 is 2.08 bits per heavy atom. The van der Waals surface area contributed by atoms with Crippen molar-refractivity contribution < 1.29 is 4.79 Å². The Morgan fingerprint density at radius 3 is 2.88 bits per heavy atom. The highest BCUT2D eigenvalue weighted by atomic mass is 16.1. The van der Waals surface area contributed by atoms with Crippen molar-refractivity contribution in [3.8, 4) is 0 Å². The molecule has 0 spiro atoms. The Labute approximate surface area is 153 Å². The second-order valence-corrected chi connectivity index (χ2v) is 7.04. The first-order valence-corrected chi connectivity index (χ1v) is 9.15. The van der Waals surface area contributed by atoms with E-state index in [0.717, 1.165) is 25.1 Å². The van der Waals surface area contributed by atoms with Crippen LogP contribution in [0.2, 0.25) is 0 Å². The van der Waals surface area contributed by atoms with Crippen LogP contribution in [0, 0.1) is 5.92 Å². The van der Waals surface area contributed by atoms with E-state index in [0.29, 0.717) is 6.54 Å². The number of rotatable bonds is 5. The number of carbonyl (C=O) groups excluding carboxylic acids is 1. The predicted octanol–water partition coefficient (Wildman–Crippen LogP) is 2.24. The van der Waals surface area contributed by atoms with Gasteiger partial charge >= 0.3 is 0 Å². The summed E-state index contributed by atoms with van der Waals surface area (Å²) >= 11 is 0. The number of carbonyl (C=O) groups is 1. The zero-order valence-corrected chi connectivity index (χ0v) is 15.0. The lowest BCUT2D eigenvalue weighted by Crippen LogP contribution is -2.35. The van der Waals surface area contributed by atoms with Gasteiger partial charge in [-0.2, -0.15) is 5.10 Å². The van der Waals surface area contributed by atoms with Crippen molar-refractivity contribution in [2.24, 2.45) is 13.0 Å². The van der Waals surface area contributed by atoms with Crippen molar-refractivity contribution in [1.82, 2.24) is 20.4 Å². The van der Waals surface area contributed by atoms with E-state index in [1.165, 1.54) is 16.3 Å². The monoisotopic (exact) mass is 348 g/mol. The summed E-state index contributed by atoms with van der Waals surface area (Å²) in [5, 5.41) is 13.2. The van der Waals surface area contributed by atoms with Gasteiger partial charge in [-0.1, -0.05) is 42.5 Å². The van der Waals surface area contributed by atoms with E-state index < -0.39 is 0 Å². The summed E-state index contributed by atoms with van der Waals surface area (Å²) in [7, 11) is 1.91. The maximum atomic E-state index is 12.7. The summed E-state index contributed by atoms with van der Waals surface area (Å²) in [6.07, 6.45) is 4.72. The van der Waals surface area contributed by atoms with Crippen molar-refractivity contribution in [3.63, 3.8) is 0 Å². The van der Waals surface area contributed by atoms with Gasteiger partial charge < -0.3 is 10.6 Å². The average molecular weight is 348 g/mol. The van der Waals surface area contributed by atoms with Crippen LogP contribution < -0.4 is 10.6 Å². The standard InChI is InChI=1S/C21H24N4O/c1-25-14-18(11-24-25)19-12-22-13-20(19)21(26)23-9-8-15-6-7-16-4-2-3-5-17(16)10-15/h2-7,10-11,14,19-20,22H,8-9,12-13H2,1H3,(H,23,26)/t19-,20+/m1/s1. The smallest absolute Gasteiger partial charge is 0.225 e. The molecule has 1 saturated heterocycles. The summed E-state index contributed by atoms with van der Waals surface area (Å²) in [5.74, 6) is 0.296. The van der Waals surface area contributed by atoms with Crippen LogP contribution in [0.1, 0.15) is 17.0 Å². The van der Waals surface area contributed by atoms with Crippen LogP contribution in [0.4, 0.5) is 0 Å². The van der Waals surface area contributed by atoms with Crippen molar-refractivity contribution in [3.05, 3.63) is 66.0 Å². The molecule has 5 nitrogen and oxygen atoms in total. The molecular formula is C21H24N4O. The number of aromatic nitrogens is 2. The molecule has 2 N–H and O–H groups in total. The molecule has 0 aliphatic carbocycles. The molecule has 0 bridgehead atoms. The Hall–Kier alpha value is -2.66. The van der Waals surface area contributed by atoms with Gasteiger partial charge in [-0.15, -0.1) is 0 Å². The molecule has 0 radical (unpaired) electrons. The molecule has 1 aliphatic rings. The number of nitrogens with one attached hydrogen (secondary N) is 2. The molecule has 1 aliphatic heterocycles. The molecule has 2 aromatic carbocycles. The fraction of sp³-hybridized carbons (Fsp3) is 0.333. The highest BCUT2D eigenvalue weighted by Crippen LogP contribution is 2.27. The predicted molar refractivity (Wildman–Crippen MR) is 103 cm³/mol. The van der Waals surface area contributed by atoms with E-state index in [1.807, 2.05) is 19.4 Å². The van der Waals surface area contributed by atoms with E-state index >= 15 is 0 Å². The number of benzene rings is 2. The van der Waals surface area contributed by atoms with Crippen LogP contribution in [0.3, 0.4) is 0 Å². The SMILES string of the molecule is Cn1cc([C@H]2CNC[C@@H]2C(=O)NCCc2ccc3ccccc3c2)cn1. The average Bonchev–Trinajstić information content (AvgIpc) is 3.30. The van der Waals surface area contributed by atoms with E-state index in [-0.39, 0.29) is 17.7 Å². The normalized spacial score (nSPS) is 19.7. The first kappa shape index (κ1) is 16.8. The molecule has 1 amide bonds. The first-order valence-electron chi connectivity index (χ1n) is 9.15. The maximum Gasteiger partial charge on any atom is 0.225 e. The Balaban J connectivity index is 1.35. The van der Waals surface area contributed by atoms with Gasteiger partial charge in [0, 0.05) is 38.8 Å². The molecule has 2 atom stereocenters. The Bertz CT molecular complexity index is 917. The lowest BCUT2D eigenvalue weighted by atomic mass is 9.90. The summed E-state index contributed by atoms with van der Waals surface area (Å²) in [5.41, 5.74) is 2.38. The van der Waals surface area contributed by atoms with Gasteiger partial charge in [0.25, 0.3) is 0 Å². The third kappa shape index (κ3) is 3.48. The number of amides is 1. The third-order valence-corrected chi connectivity index (χ3v) is 5.23. The number of hydrogen-bond donors (Lipinski definition) is 2. The minimum absolute atomic E-state index is 0.0317. The fourth-order valence-corrected chi connectivity index (χ4v) is 3.79. The van der Waals surface area contributed by atoms with Crippen LogP contribution in [-0.2, 0) is 18.3 Å². The van der Waals surface area contributed by atoms with Gasteiger partial charge in [0.15, 0.2) is 0 Å². The van der Waals surface area contributed by atoms with E-state index in [2.05, 4.69) is 58.2 Å². The minimum atomic E-state index is -0.0317. The van der Waals surface area contributed by atoms with Gasteiger partial charge in [0.2, 0.25) is 5.91 Å². The third-order valence-electron chi connectivity index (χ3n) is 5.23. The maximum absolute atomic E-state index is 12.7. The summed E-state index contributed by atoms with van der Waals surface area (Å²) in [6.45, 7) is 2.21. The molecular weight excluding hydrogens is 324 g/mol. The highest BCUT2D eigenvalue weighted by Gasteiger charge is 2.34. The number of fused-ring (bicyclic) bond motifs is 1. The molecule has 5 heteroatoms. The number of aryl methyl sites for hydroxylation is 1. The van der Waals surface area contributed by atoms with Crippen LogP contribution in [0.5, 0.6) is 0 Å². The largest absolute Gasteiger partial charge is 0.355 e. The molecule has 26 heavy (non-hydrogen) atoms. The summed E-state index contributed by atoms with van der Waals surface area (Å²) in [6, 6.07) is 14.8. The van der Waals surface area contributed by atoms with Crippen LogP contribution in [0.15, 0.2) is 54.9 Å². The summed E-state index contributed by atoms with van der Waals surface area (Å²) in [4.78, 5) is 12.7. The molecule has 1 fully saturated rings. The lowest BCUT2D eigenvalue weighted by Gasteiger charge is -2.17. The van der Waals surface area contributed by atoms with Crippen LogP contribution in [0.25, 0.3) is 10.8 Å². The number of hydrogen-bond acceptors (Lipinski definition) is 3. The van der Waals surface area contributed by atoms with Gasteiger partial charge in [0.1, 0.15) is 0 Å². The van der Waals surface area contributed by atoms with Crippen molar-refractivity contribution in [1.29, 1.82) is 0 Å². The number of nitrogens with zero attached hydrogens (tertiary/aromatic N) is 2. The molecule has 0 saturated carbocycles. The zero-order valence-electron chi connectivity index (χ0n) is 15.0. The van der Waals surface area contributed by atoms with Gasteiger partial charge in [-0.25, -0.2) is 0 Å². The van der Waals surface area contributed by atoms with E-state index in [9.17, 15) is 4.79 Å². The molecule has 4 rings (SSSR count). The Kier molecular flexibility index (Phi) is 4.71. The Morgan fingerprint density at radius 1 is 1.23 bits per heavy atom. The van der Waals surface area contributed by atoms with Gasteiger partial charge in [-0.3, -0.25) is 9.48 Å². The van der Waals surface area contributed by atoms with Crippen LogP contribution in [-0.4, -0.2) is 35.3 Å². The van der Waals surface area contributed by atoms with Gasteiger partial charge in [0.05, 0.1) is 12.1 Å². The van der Waals surface area contributed by atoms with Crippen LogP contribution >= 0.6 is 0 Å². The zero-order chi connectivity index (χ0) is 17.9. The first-order chi connectivity index (χ1) is 12.7. The minimum Gasteiger partial charge on any atom is -0.355 e. The molecule has 0 unspecified atom stereocenters. The van der Waals surface area contributed by atoms with Crippen molar-refractivity contribution in [2.75, 3.05) is 19.6 Å². The molecule has 2 heterocycles. The second kappa shape index (κ2) is 7.30. The van der Waals surface area contributed by atoms with E-state index in [1.54, 1.807) is 4.68 Å². The quantitative estimate of drug-likeness (QED) is 0.743. The highest BCUT2D eigenvalue weighted by molar-refractivity contribution is 5.83. The molecule has 134 valence electrons. The van der Waals surface area contributed by atoms with Crippen molar-refractivity contribution >= 4 is 16.7 Å². The van der Waals surface area contributed by atoms with Crippen molar-refractivity contribution in [2.45, 2.75) is 12.3 Å². The van der Waals surface area contributed by atoms with Gasteiger partial charge in [-0.05, 0) is 28.3 Å². The topological polar surface area (TPSA) is 59.0 Å².